The average Bonchev–Trinajstić information content (AvgIpc) is 2.41. The van der Waals surface area contributed by atoms with Crippen LogP contribution in [0.1, 0.15) is 29.8 Å². The summed E-state index contributed by atoms with van der Waals surface area (Å²) in [5.41, 5.74) is 7.29. The number of benzene rings is 1. The van der Waals surface area contributed by atoms with Gasteiger partial charge in [0.25, 0.3) is 5.91 Å². The van der Waals surface area contributed by atoms with Crippen LogP contribution in [-0.2, 0) is 11.3 Å². The summed E-state index contributed by atoms with van der Waals surface area (Å²) in [7, 11) is 0. The Kier molecular flexibility index (Phi) is 3.99. The molecule has 1 amide bonds. The van der Waals surface area contributed by atoms with Gasteiger partial charge in [0.05, 0.1) is 18.8 Å². The third-order valence-corrected chi connectivity index (χ3v) is 3.28. The quantitative estimate of drug-likeness (QED) is 0.860. The molecule has 2 N–H and O–H groups in total. The highest BCUT2D eigenvalue weighted by molar-refractivity contribution is 5.94. The maximum absolute atomic E-state index is 12.5. The van der Waals surface area contributed by atoms with Crippen LogP contribution in [0.5, 0.6) is 0 Å². The molecule has 0 aliphatic carbocycles. The van der Waals surface area contributed by atoms with Crippen molar-refractivity contribution in [3.05, 3.63) is 35.4 Å². The first kappa shape index (κ1) is 13.1. The van der Waals surface area contributed by atoms with E-state index in [9.17, 15) is 4.79 Å². The first-order valence-corrected chi connectivity index (χ1v) is 6.33. The molecule has 1 aromatic rings. The molecule has 0 bridgehead atoms. The number of rotatable bonds is 2. The molecule has 4 heteroatoms. The molecular formula is C14H20N2O2. The minimum Gasteiger partial charge on any atom is -0.375 e. The van der Waals surface area contributed by atoms with Crippen molar-refractivity contribution < 1.29 is 9.53 Å². The molecular weight excluding hydrogens is 228 g/mol. The van der Waals surface area contributed by atoms with Crippen molar-refractivity contribution in [1.82, 2.24) is 4.90 Å². The number of hydrogen-bond donors (Lipinski definition) is 1. The Bertz CT molecular complexity index is 434. The number of ether oxygens (including phenoxy) is 1. The van der Waals surface area contributed by atoms with Gasteiger partial charge in [-0.15, -0.1) is 0 Å². The SMILES string of the molecule is CC1CN(C(=O)c2cccc(CN)c2)C(C)CO1. The topological polar surface area (TPSA) is 55.6 Å². The molecule has 4 nitrogen and oxygen atoms in total. The number of amides is 1. The lowest BCUT2D eigenvalue weighted by Gasteiger charge is -2.36. The molecule has 0 aromatic heterocycles. The molecule has 2 rings (SSSR count). The Morgan fingerprint density at radius 2 is 2.28 bits per heavy atom. The second-order valence-corrected chi connectivity index (χ2v) is 4.85. The Morgan fingerprint density at radius 1 is 1.50 bits per heavy atom. The molecule has 18 heavy (non-hydrogen) atoms. The van der Waals surface area contributed by atoms with Crippen LogP contribution < -0.4 is 5.73 Å². The zero-order valence-electron chi connectivity index (χ0n) is 10.9. The van der Waals surface area contributed by atoms with Gasteiger partial charge in [-0.2, -0.15) is 0 Å². The number of morpholine rings is 1. The van der Waals surface area contributed by atoms with Crippen molar-refractivity contribution in [2.45, 2.75) is 32.5 Å². The molecule has 0 saturated carbocycles. The summed E-state index contributed by atoms with van der Waals surface area (Å²) in [6.07, 6.45) is 0.0999. The average molecular weight is 248 g/mol. The first-order valence-electron chi connectivity index (χ1n) is 6.33. The van der Waals surface area contributed by atoms with E-state index in [4.69, 9.17) is 10.5 Å². The Labute approximate surface area is 108 Å². The van der Waals surface area contributed by atoms with Crippen LogP contribution in [0, 0.1) is 0 Å². The van der Waals surface area contributed by atoms with Crippen molar-refractivity contribution in [1.29, 1.82) is 0 Å². The molecule has 2 atom stereocenters. The summed E-state index contributed by atoms with van der Waals surface area (Å²) >= 11 is 0. The number of carbonyl (C=O) groups excluding carboxylic acids is 1. The van der Waals surface area contributed by atoms with Crippen LogP contribution in [0.15, 0.2) is 24.3 Å². The van der Waals surface area contributed by atoms with E-state index >= 15 is 0 Å². The van der Waals surface area contributed by atoms with Crippen molar-refractivity contribution in [3.8, 4) is 0 Å². The van der Waals surface area contributed by atoms with Crippen molar-refractivity contribution in [3.63, 3.8) is 0 Å². The molecule has 1 aromatic carbocycles. The molecule has 1 fully saturated rings. The second-order valence-electron chi connectivity index (χ2n) is 4.85. The third-order valence-electron chi connectivity index (χ3n) is 3.28. The molecule has 0 spiro atoms. The molecule has 2 unspecified atom stereocenters. The van der Waals surface area contributed by atoms with Gasteiger partial charge in [0.2, 0.25) is 0 Å². The lowest BCUT2D eigenvalue weighted by Crippen LogP contribution is -2.50. The van der Waals surface area contributed by atoms with E-state index in [2.05, 4.69) is 0 Å². The predicted molar refractivity (Wildman–Crippen MR) is 70.2 cm³/mol. The smallest absolute Gasteiger partial charge is 0.254 e. The van der Waals surface area contributed by atoms with Gasteiger partial charge in [0.15, 0.2) is 0 Å². The van der Waals surface area contributed by atoms with E-state index in [-0.39, 0.29) is 18.1 Å². The van der Waals surface area contributed by atoms with Crippen molar-refractivity contribution in [2.75, 3.05) is 13.2 Å². The van der Waals surface area contributed by atoms with Crippen LogP contribution in [0.4, 0.5) is 0 Å². The minimum atomic E-state index is 0.0629. The van der Waals surface area contributed by atoms with Crippen LogP contribution in [0.25, 0.3) is 0 Å². The lowest BCUT2D eigenvalue weighted by atomic mass is 10.1. The van der Waals surface area contributed by atoms with Gasteiger partial charge in [-0.3, -0.25) is 4.79 Å². The summed E-state index contributed by atoms with van der Waals surface area (Å²) in [5.74, 6) is 0.0629. The number of hydrogen-bond acceptors (Lipinski definition) is 3. The van der Waals surface area contributed by atoms with Gasteiger partial charge in [-0.1, -0.05) is 12.1 Å². The number of nitrogens with zero attached hydrogens (tertiary/aromatic N) is 1. The van der Waals surface area contributed by atoms with Crippen LogP contribution in [0.2, 0.25) is 0 Å². The highest BCUT2D eigenvalue weighted by Crippen LogP contribution is 2.16. The third kappa shape index (κ3) is 2.71. The van der Waals surface area contributed by atoms with E-state index in [0.29, 0.717) is 25.3 Å². The van der Waals surface area contributed by atoms with Gasteiger partial charge in [-0.05, 0) is 31.5 Å². The van der Waals surface area contributed by atoms with Gasteiger partial charge in [-0.25, -0.2) is 0 Å². The second kappa shape index (κ2) is 5.50. The van der Waals surface area contributed by atoms with Gasteiger partial charge in [0, 0.05) is 18.7 Å². The number of carbonyl (C=O) groups is 1. The zero-order valence-corrected chi connectivity index (χ0v) is 10.9. The largest absolute Gasteiger partial charge is 0.375 e. The van der Waals surface area contributed by atoms with Gasteiger partial charge in [0.1, 0.15) is 0 Å². The highest BCUT2D eigenvalue weighted by Gasteiger charge is 2.28. The summed E-state index contributed by atoms with van der Waals surface area (Å²) in [4.78, 5) is 14.3. The van der Waals surface area contributed by atoms with Crippen molar-refractivity contribution >= 4 is 5.91 Å². The predicted octanol–water partition coefficient (Wildman–Crippen LogP) is 1.39. The van der Waals surface area contributed by atoms with E-state index in [1.165, 1.54) is 0 Å². The van der Waals surface area contributed by atoms with Gasteiger partial charge >= 0.3 is 0 Å². The fourth-order valence-electron chi connectivity index (χ4n) is 2.18. The van der Waals surface area contributed by atoms with Crippen molar-refractivity contribution in [2.24, 2.45) is 5.73 Å². The Hall–Kier alpha value is -1.39. The van der Waals surface area contributed by atoms with Crippen LogP contribution >= 0.6 is 0 Å². The standard InChI is InChI=1S/C14H20N2O2/c1-10-9-18-11(2)8-16(10)14(17)13-5-3-4-12(6-13)7-15/h3-6,10-11H,7-9,15H2,1-2H3. The summed E-state index contributed by atoms with van der Waals surface area (Å²) in [5, 5.41) is 0. The molecule has 1 aliphatic rings. The fraction of sp³-hybridized carbons (Fsp3) is 0.500. The summed E-state index contributed by atoms with van der Waals surface area (Å²) in [6, 6.07) is 7.64. The lowest BCUT2D eigenvalue weighted by molar-refractivity contribution is -0.0387. The monoisotopic (exact) mass is 248 g/mol. The minimum absolute atomic E-state index is 0.0629. The van der Waals surface area contributed by atoms with E-state index < -0.39 is 0 Å². The van der Waals surface area contributed by atoms with E-state index in [1.54, 1.807) is 0 Å². The fourth-order valence-corrected chi connectivity index (χ4v) is 2.18. The molecule has 1 saturated heterocycles. The van der Waals surface area contributed by atoms with Gasteiger partial charge < -0.3 is 15.4 Å². The molecule has 1 aliphatic heterocycles. The van der Waals surface area contributed by atoms with E-state index in [0.717, 1.165) is 5.56 Å². The normalized spacial score (nSPS) is 24.1. The number of nitrogens with two attached hydrogens (primary N) is 1. The first-order chi connectivity index (χ1) is 8.61. The molecule has 0 radical (unpaired) electrons. The maximum Gasteiger partial charge on any atom is 0.254 e. The molecule has 1 heterocycles. The van der Waals surface area contributed by atoms with Crippen LogP contribution in [0.3, 0.4) is 0 Å². The Balaban J connectivity index is 2.18. The van der Waals surface area contributed by atoms with E-state index in [1.807, 2.05) is 43.0 Å². The highest BCUT2D eigenvalue weighted by atomic mass is 16.5. The maximum atomic E-state index is 12.5. The summed E-state index contributed by atoms with van der Waals surface area (Å²) in [6.45, 7) is 5.70. The molecule has 98 valence electrons. The summed E-state index contributed by atoms with van der Waals surface area (Å²) < 4.78 is 5.54. The Morgan fingerprint density at radius 3 is 3.00 bits per heavy atom. The zero-order chi connectivity index (χ0) is 13.1. The van der Waals surface area contributed by atoms with Crippen LogP contribution in [-0.4, -0.2) is 36.1 Å².